The number of aromatic nitrogens is 1. The van der Waals surface area contributed by atoms with Gasteiger partial charge in [-0.15, -0.1) is 35.5 Å². The molecular weight excluding hydrogens is 361 g/mol. The Morgan fingerprint density at radius 1 is 1.50 bits per heavy atom. The number of halogens is 2. The molecule has 0 aliphatic rings. The lowest BCUT2D eigenvalue weighted by molar-refractivity contribution is 0.102. The van der Waals surface area contributed by atoms with Crippen LogP contribution in [0.15, 0.2) is 28.5 Å². The van der Waals surface area contributed by atoms with Gasteiger partial charge in [0.1, 0.15) is 10.7 Å². The lowest BCUT2D eigenvalue weighted by Crippen LogP contribution is -2.13. The number of hydrogen-bond donors (Lipinski definition) is 2. The van der Waals surface area contributed by atoms with Crippen molar-refractivity contribution in [2.24, 2.45) is 5.73 Å². The van der Waals surface area contributed by atoms with Crippen molar-refractivity contribution < 1.29 is 4.79 Å². The quantitative estimate of drug-likeness (QED) is 0.756. The molecule has 0 atom stereocenters. The number of rotatable bonds is 5. The Morgan fingerprint density at radius 3 is 2.82 bits per heavy atom. The average molecular weight is 378 g/mol. The van der Waals surface area contributed by atoms with Gasteiger partial charge in [-0.25, -0.2) is 4.98 Å². The van der Waals surface area contributed by atoms with Crippen molar-refractivity contribution in [3.05, 3.63) is 39.3 Å². The van der Waals surface area contributed by atoms with Gasteiger partial charge in [0.25, 0.3) is 5.91 Å². The third-order valence-corrected chi connectivity index (χ3v) is 4.97. The summed E-state index contributed by atoms with van der Waals surface area (Å²) >= 11 is 9.22. The highest BCUT2D eigenvalue weighted by Crippen LogP contribution is 2.36. The topological polar surface area (TPSA) is 68.0 Å². The molecule has 120 valence electrons. The normalized spacial score (nSPS) is 10.4. The maximum atomic E-state index is 12.2. The van der Waals surface area contributed by atoms with Crippen LogP contribution < -0.4 is 11.1 Å². The summed E-state index contributed by atoms with van der Waals surface area (Å²) in [5.74, 6) is -0.251. The van der Waals surface area contributed by atoms with Crippen LogP contribution in [0.25, 0.3) is 0 Å². The van der Waals surface area contributed by atoms with Gasteiger partial charge in [-0.3, -0.25) is 4.79 Å². The molecule has 3 N–H and O–H groups in total. The summed E-state index contributed by atoms with van der Waals surface area (Å²) in [6.45, 7) is 4.49. The lowest BCUT2D eigenvalue weighted by atomic mass is 10.3. The Bertz CT molecular complexity index is 647. The van der Waals surface area contributed by atoms with Crippen LogP contribution in [0, 0.1) is 0 Å². The van der Waals surface area contributed by atoms with E-state index in [4.69, 9.17) is 17.3 Å². The molecule has 22 heavy (non-hydrogen) atoms. The summed E-state index contributed by atoms with van der Waals surface area (Å²) in [4.78, 5) is 17.3. The van der Waals surface area contributed by atoms with Crippen LogP contribution in [-0.4, -0.2) is 16.1 Å². The van der Waals surface area contributed by atoms with Gasteiger partial charge in [0.05, 0.1) is 10.7 Å². The minimum Gasteiger partial charge on any atom is -0.325 e. The molecule has 8 heteroatoms. The number of carbonyl (C=O) groups excluding carboxylic acids is 1. The van der Waals surface area contributed by atoms with Crippen molar-refractivity contribution in [1.29, 1.82) is 0 Å². The number of nitrogens with two attached hydrogens (primary N) is 1. The molecule has 0 saturated heterocycles. The van der Waals surface area contributed by atoms with Crippen LogP contribution in [0.3, 0.4) is 0 Å². The van der Waals surface area contributed by atoms with Crippen LogP contribution in [0.2, 0.25) is 5.02 Å². The highest BCUT2D eigenvalue weighted by molar-refractivity contribution is 8.00. The third kappa shape index (κ3) is 4.86. The van der Waals surface area contributed by atoms with Crippen LogP contribution in [0.1, 0.15) is 29.3 Å². The van der Waals surface area contributed by atoms with E-state index in [9.17, 15) is 4.79 Å². The van der Waals surface area contributed by atoms with Crippen molar-refractivity contribution in [1.82, 2.24) is 4.98 Å². The molecule has 1 aromatic carbocycles. The monoisotopic (exact) mass is 377 g/mol. The first-order valence-corrected chi connectivity index (χ1v) is 8.56. The molecule has 0 unspecified atom stereocenters. The maximum absolute atomic E-state index is 12.2. The number of thioether (sulfide) groups is 1. The molecule has 1 heterocycles. The Kier molecular flexibility index (Phi) is 7.65. The predicted octanol–water partition coefficient (Wildman–Crippen LogP) is 4.43. The van der Waals surface area contributed by atoms with Gasteiger partial charge >= 0.3 is 0 Å². The number of nitrogens with zero attached hydrogens (tertiary/aromatic N) is 1. The minimum atomic E-state index is -0.251. The van der Waals surface area contributed by atoms with Gasteiger partial charge in [0.2, 0.25) is 0 Å². The molecule has 2 rings (SSSR count). The molecule has 0 radical (unpaired) electrons. The second-order valence-corrected chi connectivity index (χ2v) is 7.50. The summed E-state index contributed by atoms with van der Waals surface area (Å²) < 4.78 is 0. The number of carbonyl (C=O) groups is 1. The number of hydrogen-bond acceptors (Lipinski definition) is 5. The largest absolute Gasteiger partial charge is 0.325 e. The second-order valence-electron chi connectivity index (χ2n) is 4.57. The molecule has 2 aromatic rings. The van der Waals surface area contributed by atoms with E-state index < -0.39 is 0 Å². The molecule has 0 saturated carbocycles. The molecule has 0 spiro atoms. The summed E-state index contributed by atoms with van der Waals surface area (Å²) in [5, 5.41) is 6.31. The summed E-state index contributed by atoms with van der Waals surface area (Å²) in [6.07, 6.45) is 0. The molecule has 0 fully saturated rings. The van der Waals surface area contributed by atoms with Crippen LogP contribution in [0.4, 0.5) is 5.69 Å². The van der Waals surface area contributed by atoms with Gasteiger partial charge in [-0.05, 0) is 12.1 Å². The van der Waals surface area contributed by atoms with Crippen LogP contribution in [0.5, 0.6) is 0 Å². The Balaban J connectivity index is 0.00000242. The third-order valence-electron chi connectivity index (χ3n) is 2.53. The molecule has 0 aliphatic carbocycles. The van der Waals surface area contributed by atoms with Gasteiger partial charge in [-0.2, -0.15) is 0 Å². The van der Waals surface area contributed by atoms with Crippen molar-refractivity contribution in [3.63, 3.8) is 0 Å². The molecular formula is C14H17Cl2N3OS2. The van der Waals surface area contributed by atoms with Crippen molar-refractivity contribution in [2.75, 3.05) is 5.32 Å². The van der Waals surface area contributed by atoms with Gasteiger partial charge in [-0.1, -0.05) is 31.5 Å². The highest BCUT2D eigenvalue weighted by Gasteiger charge is 2.15. The molecule has 0 bridgehead atoms. The second kappa shape index (κ2) is 8.74. The smallest absolute Gasteiger partial charge is 0.275 e. The van der Waals surface area contributed by atoms with E-state index in [0.717, 1.165) is 9.90 Å². The Morgan fingerprint density at radius 2 is 2.23 bits per heavy atom. The fourth-order valence-electron chi connectivity index (χ4n) is 1.66. The Hall–Kier alpha value is -0.790. The van der Waals surface area contributed by atoms with E-state index in [0.29, 0.717) is 28.2 Å². The zero-order chi connectivity index (χ0) is 15.4. The molecule has 4 nitrogen and oxygen atoms in total. The fraction of sp³-hybridized carbons (Fsp3) is 0.286. The summed E-state index contributed by atoms with van der Waals surface area (Å²) in [5.41, 5.74) is 6.59. The minimum absolute atomic E-state index is 0. The predicted molar refractivity (Wildman–Crippen MR) is 97.7 cm³/mol. The highest BCUT2D eigenvalue weighted by atomic mass is 35.5. The first-order valence-electron chi connectivity index (χ1n) is 6.42. The summed E-state index contributed by atoms with van der Waals surface area (Å²) in [6, 6.07) is 5.47. The van der Waals surface area contributed by atoms with E-state index in [1.807, 2.05) is 18.2 Å². The van der Waals surface area contributed by atoms with Gasteiger partial charge in [0, 0.05) is 22.1 Å². The van der Waals surface area contributed by atoms with Gasteiger partial charge < -0.3 is 11.1 Å². The maximum Gasteiger partial charge on any atom is 0.275 e. The fourth-order valence-corrected chi connectivity index (χ4v) is 3.52. The van der Waals surface area contributed by atoms with Gasteiger partial charge in [0.15, 0.2) is 0 Å². The van der Waals surface area contributed by atoms with Crippen molar-refractivity contribution >= 4 is 58.7 Å². The van der Waals surface area contributed by atoms with Crippen LogP contribution in [-0.2, 0) is 6.54 Å². The van der Waals surface area contributed by atoms with E-state index in [1.54, 1.807) is 17.1 Å². The average Bonchev–Trinajstić information content (AvgIpc) is 2.91. The number of thiazole rings is 1. The van der Waals surface area contributed by atoms with Crippen LogP contribution >= 0.6 is 47.1 Å². The first-order chi connectivity index (χ1) is 10.0. The number of anilines is 1. The molecule has 0 aliphatic heterocycles. The van der Waals surface area contributed by atoms with E-state index in [-0.39, 0.29) is 18.3 Å². The number of nitrogens with one attached hydrogen (secondary N) is 1. The summed E-state index contributed by atoms with van der Waals surface area (Å²) in [7, 11) is 0. The van der Waals surface area contributed by atoms with Crippen molar-refractivity contribution in [2.45, 2.75) is 30.5 Å². The lowest BCUT2D eigenvalue weighted by Gasteiger charge is -2.13. The SMILES string of the molecule is CC(C)Sc1c(Cl)cccc1NC(=O)c1csc(CN)n1.Cl. The number of benzene rings is 1. The first kappa shape index (κ1) is 19.3. The van der Waals surface area contributed by atoms with E-state index in [1.165, 1.54) is 11.3 Å². The molecule has 1 amide bonds. The standard InChI is InChI=1S/C14H16ClN3OS2.ClH/c1-8(2)21-13-9(15)4-3-5-10(13)18-14(19)11-7-20-12(6-16)17-11;/h3-5,7-8H,6,16H2,1-2H3,(H,18,19);1H. The molecule has 1 aromatic heterocycles. The van der Waals surface area contributed by atoms with E-state index in [2.05, 4.69) is 24.1 Å². The Labute approximate surface area is 149 Å². The number of amides is 1. The van der Waals surface area contributed by atoms with E-state index >= 15 is 0 Å². The van der Waals surface area contributed by atoms with Crippen molar-refractivity contribution in [3.8, 4) is 0 Å². The zero-order valence-electron chi connectivity index (χ0n) is 12.1. The zero-order valence-corrected chi connectivity index (χ0v) is 15.3.